The zero-order valence-corrected chi connectivity index (χ0v) is 23.9. The highest BCUT2D eigenvalue weighted by Crippen LogP contribution is 2.51. The number of rotatable bonds is 9. The van der Waals surface area contributed by atoms with Gasteiger partial charge in [-0.3, -0.25) is 0 Å². The van der Waals surface area contributed by atoms with Crippen molar-refractivity contribution in [3.63, 3.8) is 0 Å². The number of allylic oxidation sites excluding steroid dienone is 3. The van der Waals surface area contributed by atoms with E-state index in [-0.39, 0.29) is 46.5 Å². The number of methoxy groups -OCH3 is 1. The van der Waals surface area contributed by atoms with Crippen molar-refractivity contribution in [1.82, 2.24) is 0 Å². The lowest BCUT2D eigenvalue weighted by Gasteiger charge is -2.25. The molecule has 1 saturated heterocycles. The topological polar surface area (TPSA) is 100 Å². The number of nitrogens with zero attached hydrogens (tertiary/aromatic N) is 1. The van der Waals surface area contributed by atoms with Gasteiger partial charge in [0.05, 0.1) is 23.4 Å². The minimum atomic E-state index is -3.32. The van der Waals surface area contributed by atoms with Gasteiger partial charge in [-0.2, -0.15) is 0 Å². The number of esters is 1. The van der Waals surface area contributed by atoms with Crippen molar-refractivity contribution in [1.29, 1.82) is 0 Å². The van der Waals surface area contributed by atoms with Crippen LogP contribution in [0.4, 0.5) is 0 Å². The van der Waals surface area contributed by atoms with E-state index in [0.29, 0.717) is 24.8 Å². The molecule has 3 aliphatic carbocycles. The quantitative estimate of drug-likeness (QED) is 0.226. The standard InChI is InChI=1S/C32H35NO7S/c1-37-31(34)28(23-12-14-26(15-13-23)41(35,36)27-16-17-27)33-38-21-22-18-19-32(20-22)39-29(24-8-4-2-5-9-24)30(40-32)25-10-6-3-7-11-25/h2-10,12-15,22,25,27,29-30H,11,16-21H2,1H3/b33-28+/t22-,25?,29+,30+,32?/m0/s1. The van der Waals surface area contributed by atoms with E-state index in [1.807, 2.05) is 18.2 Å². The summed E-state index contributed by atoms with van der Waals surface area (Å²) >= 11 is 0. The van der Waals surface area contributed by atoms with Crippen LogP contribution in [0, 0.1) is 11.8 Å². The van der Waals surface area contributed by atoms with Gasteiger partial charge in [0.1, 0.15) is 12.7 Å². The molecule has 9 heteroatoms. The molecule has 216 valence electrons. The Morgan fingerprint density at radius 1 is 1.02 bits per heavy atom. The highest BCUT2D eigenvalue weighted by atomic mass is 32.2. The summed E-state index contributed by atoms with van der Waals surface area (Å²) in [5.41, 5.74) is 1.53. The molecule has 1 aliphatic heterocycles. The molecule has 1 spiro atoms. The lowest BCUT2D eigenvalue weighted by Crippen LogP contribution is -2.30. The Hall–Kier alpha value is -3.27. The smallest absolute Gasteiger partial charge is 0.360 e. The number of carbonyl (C=O) groups excluding carboxylic acids is 1. The van der Waals surface area contributed by atoms with Crippen molar-refractivity contribution in [3.8, 4) is 0 Å². The van der Waals surface area contributed by atoms with Crippen molar-refractivity contribution < 1.29 is 32.3 Å². The van der Waals surface area contributed by atoms with Gasteiger partial charge in [0.15, 0.2) is 21.3 Å². The van der Waals surface area contributed by atoms with Crippen LogP contribution in [0.1, 0.15) is 55.8 Å². The minimum absolute atomic E-state index is 0.00899. The third-order valence-electron chi connectivity index (χ3n) is 8.35. The minimum Gasteiger partial charge on any atom is -0.464 e. The van der Waals surface area contributed by atoms with Gasteiger partial charge < -0.3 is 19.0 Å². The van der Waals surface area contributed by atoms with Crippen molar-refractivity contribution >= 4 is 21.5 Å². The van der Waals surface area contributed by atoms with Gasteiger partial charge in [-0.1, -0.05) is 71.9 Å². The summed E-state index contributed by atoms with van der Waals surface area (Å²) in [4.78, 5) is 18.4. The first-order valence-corrected chi connectivity index (χ1v) is 15.8. The molecule has 4 aliphatic rings. The lowest BCUT2D eigenvalue weighted by molar-refractivity contribution is -0.175. The zero-order valence-electron chi connectivity index (χ0n) is 23.1. The van der Waals surface area contributed by atoms with E-state index in [9.17, 15) is 13.2 Å². The van der Waals surface area contributed by atoms with Gasteiger partial charge in [-0.05, 0) is 43.4 Å². The summed E-state index contributed by atoms with van der Waals surface area (Å²) in [7, 11) is -2.05. The van der Waals surface area contributed by atoms with E-state index in [0.717, 1.165) is 24.8 Å². The van der Waals surface area contributed by atoms with Crippen LogP contribution in [0.2, 0.25) is 0 Å². The Labute approximate surface area is 240 Å². The van der Waals surface area contributed by atoms with Crippen molar-refractivity contribution in [2.75, 3.05) is 13.7 Å². The monoisotopic (exact) mass is 577 g/mol. The molecule has 0 aromatic heterocycles. The van der Waals surface area contributed by atoms with E-state index >= 15 is 0 Å². The van der Waals surface area contributed by atoms with Crippen LogP contribution in [0.25, 0.3) is 0 Å². The molecule has 2 unspecified atom stereocenters. The average molecular weight is 578 g/mol. The Kier molecular flexibility index (Phi) is 7.85. The van der Waals surface area contributed by atoms with E-state index < -0.39 is 21.6 Å². The first kappa shape index (κ1) is 27.9. The molecule has 0 amide bonds. The molecule has 8 nitrogen and oxygen atoms in total. The molecule has 2 aromatic carbocycles. The van der Waals surface area contributed by atoms with Crippen LogP contribution in [-0.2, 0) is 33.7 Å². The van der Waals surface area contributed by atoms with Crippen LogP contribution < -0.4 is 0 Å². The third-order valence-corrected chi connectivity index (χ3v) is 10.6. The first-order chi connectivity index (χ1) is 19.9. The second-order valence-corrected chi connectivity index (χ2v) is 13.5. The molecule has 0 radical (unpaired) electrons. The SMILES string of the molecule is COC(=O)/C(=N/OC[C@H]1CCC2(C1)O[C@H](c1ccccc1)[C@@H](C1C=CC=CC1)O2)c1ccc(S(=O)(=O)C2CC2)cc1. The molecule has 2 saturated carbocycles. The largest absolute Gasteiger partial charge is 0.464 e. The maximum Gasteiger partial charge on any atom is 0.360 e. The summed E-state index contributed by atoms with van der Waals surface area (Å²) in [6.07, 6.45) is 12.8. The number of oxime groups is 1. The molecule has 0 bridgehead atoms. The highest BCUT2D eigenvalue weighted by molar-refractivity contribution is 7.92. The fraction of sp³-hybridized carbons (Fsp3) is 0.438. The Bertz CT molecular complexity index is 1450. The fourth-order valence-electron chi connectivity index (χ4n) is 6.00. The van der Waals surface area contributed by atoms with E-state index in [2.05, 4.69) is 41.6 Å². The number of hydrogen-bond donors (Lipinski definition) is 0. The van der Waals surface area contributed by atoms with Gasteiger partial charge >= 0.3 is 5.97 Å². The predicted molar refractivity (Wildman–Crippen MR) is 153 cm³/mol. The van der Waals surface area contributed by atoms with E-state index in [1.165, 1.54) is 19.2 Å². The molecular weight excluding hydrogens is 542 g/mol. The predicted octanol–water partition coefficient (Wildman–Crippen LogP) is 5.30. The van der Waals surface area contributed by atoms with Crippen LogP contribution in [0.3, 0.4) is 0 Å². The first-order valence-electron chi connectivity index (χ1n) is 14.2. The van der Waals surface area contributed by atoms with Gasteiger partial charge in [0.2, 0.25) is 0 Å². The highest BCUT2D eigenvalue weighted by Gasteiger charge is 2.53. The Morgan fingerprint density at radius 3 is 2.49 bits per heavy atom. The van der Waals surface area contributed by atoms with E-state index in [4.69, 9.17) is 19.0 Å². The van der Waals surface area contributed by atoms with Crippen molar-refractivity contribution in [2.45, 2.75) is 66.7 Å². The Morgan fingerprint density at radius 2 is 1.80 bits per heavy atom. The second kappa shape index (κ2) is 11.5. The summed E-state index contributed by atoms with van der Waals surface area (Å²) in [5.74, 6) is -0.985. The number of benzene rings is 2. The van der Waals surface area contributed by atoms with Crippen molar-refractivity contribution in [2.24, 2.45) is 17.0 Å². The van der Waals surface area contributed by atoms with Crippen LogP contribution in [-0.4, -0.2) is 51.0 Å². The molecule has 3 fully saturated rings. The second-order valence-electron chi connectivity index (χ2n) is 11.3. The summed E-state index contributed by atoms with van der Waals surface area (Å²) in [6.45, 7) is 0.288. The molecule has 5 atom stereocenters. The molecule has 1 heterocycles. The van der Waals surface area contributed by atoms with Crippen LogP contribution in [0.15, 0.2) is 89.0 Å². The number of sulfone groups is 1. The fourth-order valence-corrected chi connectivity index (χ4v) is 7.66. The molecule has 2 aromatic rings. The zero-order chi connectivity index (χ0) is 28.5. The number of hydrogen-bond acceptors (Lipinski definition) is 8. The Balaban J connectivity index is 1.13. The van der Waals surface area contributed by atoms with Gasteiger partial charge in [-0.25, -0.2) is 13.2 Å². The number of carbonyl (C=O) groups is 1. The normalized spacial score (nSPS) is 29.6. The average Bonchev–Trinajstić information content (AvgIpc) is 3.72. The van der Waals surface area contributed by atoms with Crippen LogP contribution >= 0.6 is 0 Å². The maximum absolute atomic E-state index is 12.5. The van der Waals surface area contributed by atoms with Crippen LogP contribution in [0.5, 0.6) is 0 Å². The number of ether oxygens (including phenoxy) is 3. The summed E-state index contributed by atoms with van der Waals surface area (Å²) < 4.78 is 43.4. The van der Waals surface area contributed by atoms with E-state index in [1.54, 1.807) is 12.1 Å². The maximum atomic E-state index is 12.5. The molecule has 6 rings (SSSR count). The molecular formula is C32H35NO7S. The van der Waals surface area contributed by atoms with Gasteiger partial charge in [0.25, 0.3) is 0 Å². The van der Waals surface area contributed by atoms with Crippen molar-refractivity contribution in [3.05, 3.63) is 90.0 Å². The molecule has 41 heavy (non-hydrogen) atoms. The van der Waals surface area contributed by atoms with Gasteiger partial charge in [0, 0.05) is 30.2 Å². The third kappa shape index (κ3) is 5.89. The molecule has 0 N–H and O–H groups in total. The summed E-state index contributed by atoms with van der Waals surface area (Å²) in [6, 6.07) is 16.4. The lowest BCUT2D eigenvalue weighted by atomic mass is 9.89. The van der Waals surface area contributed by atoms with Gasteiger partial charge in [-0.15, -0.1) is 0 Å². The summed E-state index contributed by atoms with van der Waals surface area (Å²) in [5, 5.41) is 3.82.